The number of allylic oxidation sites excluding steroid dienone is 1. The van der Waals surface area contributed by atoms with Gasteiger partial charge in [0.25, 0.3) is 5.56 Å². The molecule has 0 bridgehead atoms. The Balaban J connectivity index is 1.49. The van der Waals surface area contributed by atoms with Crippen LogP contribution in [-0.4, -0.2) is 47.1 Å². The molecule has 0 aliphatic carbocycles. The van der Waals surface area contributed by atoms with Crippen molar-refractivity contribution in [2.24, 2.45) is 10.9 Å². The molecule has 262 valence electrons. The van der Waals surface area contributed by atoms with Gasteiger partial charge >= 0.3 is 11.9 Å². The van der Waals surface area contributed by atoms with E-state index in [1.54, 1.807) is 35.9 Å². The molecule has 6 rings (SSSR count). The van der Waals surface area contributed by atoms with Crippen LogP contribution in [0, 0.1) is 5.92 Å². The lowest BCUT2D eigenvalue weighted by Gasteiger charge is -2.25. The molecule has 0 radical (unpaired) electrons. The van der Waals surface area contributed by atoms with Crippen molar-refractivity contribution in [2.75, 3.05) is 20.8 Å². The van der Waals surface area contributed by atoms with Crippen LogP contribution < -0.4 is 29.1 Å². The van der Waals surface area contributed by atoms with E-state index in [1.165, 1.54) is 37.0 Å². The topological polar surface area (TPSA) is 123 Å². The number of aromatic nitrogens is 3. The summed E-state index contributed by atoms with van der Waals surface area (Å²) in [5.74, 6) is 0.646. The maximum Gasteiger partial charge on any atom is 0.338 e. The van der Waals surface area contributed by atoms with Gasteiger partial charge in [-0.15, -0.1) is 0 Å². The van der Waals surface area contributed by atoms with Crippen LogP contribution >= 0.6 is 11.3 Å². The maximum atomic E-state index is 14.4. The van der Waals surface area contributed by atoms with E-state index in [0.29, 0.717) is 44.4 Å². The van der Waals surface area contributed by atoms with Crippen molar-refractivity contribution in [3.8, 4) is 34.2 Å². The van der Waals surface area contributed by atoms with Gasteiger partial charge < -0.3 is 18.9 Å². The molecule has 0 saturated heterocycles. The highest BCUT2D eigenvalue weighted by Gasteiger charge is 2.34. The number of carbonyl (C=O) groups excluding carboxylic acids is 2. The molecule has 11 nitrogen and oxygen atoms in total. The number of para-hydroxylation sites is 1. The molecule has 51 heavy (non-hydrogen) atoms. The van der Waals surface area contributed by atoms with E-state index < -0.39 is 18.0 Å². The lowest BCUT2D eigenvalue weighted by Crippen LogP contribution is -2.39. The predicted molar refractivity (Wildman–Crippen MR) is 194 cm³/mol. The molecule has 1 aliphatic heterocycles. The Morgan fingerprint density at radius 1 is 1.00 bits per heavy atom. The summed E-state index contributed by atoms with van der Waals surface area (Å²) in [7, 11) is 2.73. The first-order chi connectivity index (χ1) is 24.6. The van der Waals surface area contributed by atoms with Crippen molar-refractivity contribution in [1.82, 2.24) is 14.3 Å². The van der Waals surface area contributed by atoms with Crippen molar-refractivity contribution in [1.29, 1.82) is 0 Å². The summed E-state index contributed by atoms with van der Waals surface area (Å²) < 4.78 is 25.6. The smallest absolute Gasteiger partial charge is 0.338 e. The van der Waals surface area contributed by atoms with Gasteiger partial charge in [-0.25, -0.2) is 14.5 Å². The van der Waals surface area contributed by atoms with Gasteiger partial charge in [0.2, 0.25) is 0 Å². The molecule has 0 N–H and O–H groups in total. The molecule has 3 aromatic carbocycles. The molecular weight excluding hydrogens is 669 g/mol. The maximum absolute atomic E-state index is 14.4. The molecule has 5 aromatic rings. The van der Waals surface area contributed by atoms with Crippen LogP contribution in [0.5, 0.6) is 17.2 Å². The number of carbonyl (C=O) groups is 2. The molecule has 1 atom stereocenters. The van der Waals surface area contributed by atoms with Gasteiger partial charge in [-0.2, -0.15) is 5.10 Å². The van der Waals surface area contributed by atoms with E-state index in [9.17, 15) is 14.4 Å². The molecule has 3 heterocycles. The second kappa shape index (κ2) is 15.0. The normalized spacial score (nSPS) is 14.3. The fourth-order valence-electron chi connectivity index (χ4n) is 5.79. The van der Waals surface area contributed by atoms with E-state index in [1.807, 2.05) is 60.8 Å². The first-order valence-electron chi connectivity index (χ1n) is 16.4. The predicted octanol–water partition coefficient (Wildman–Crippen LogP) is 5.62. The van der Waals surface area contributed by atoms with Gasteiger partial charge in [-0.05, 0) is 79.4 Å². The monoisotopic (exact) mass is 706 g/mol. The van der Waals surface area contributed by atoms with E-state index in [0.717, 1.165) is 23.4 Å². The Hall–Kier alpha value is -5.75. The standard InChI is InChI=1S/C39H38N4O7S/c1-23(2)18-19-49-30-15-12-26(13-16-30)35-28(22-42(41-35)29-10-8-7-9-11-29)21-33-37(45)43-36(34(38(46)48-6)24(3)40-39(43)51-33)27-14-17-31(50-25(4)44)32(20-27)47-5/h7-17,20-23,36H,18-19H2,1-6H3/b33-21+/t36-/m1/s1. The number of rotatable bonds is 11. The first-order valence-corrected chi connectivity index (χ1v) is 17.2. The summed E-state index contributed by atoms with van der Waals surface area (Å²) in [6.07, 6.45) is 4.65. The van der Waals surface area contributed by atoms with Crippen LogP contribution in [0.1, 0.15) is 51.3 Å². The molecule has 0 spiro atoms. The molecule has 0 unspecified atom stereocenters. The number of nitrogens with zero attached hydrogens (tertiary/aromatic N) is 4. The minimum absolute atomic E-state index is 0.201. The SMILES string of the molecule is COC(=O)C1=C(C)N=c2s/c(=C/c3cn(-c4ccccc4)nc3-c3ccc(OCCC(C)C)cc3)c(=O)n2[C@@H]1c1ccc(OC(C)=O)c(OC)c1. The second-order valence-electron chi connectivity index (χ2n) is 12.3. The fourth-order valence-corrected chi connectivity index (χ4v) is 6.83. The minimum atomic E-state index is -0.897. The van der Waals surface area contributed by atoms with Crippen LogP contribution in [0.4, 0.5) is 0 Å². The van der Waals surface area contributed by atoms with Crippen LogP contribution in [-0.2, 0) is 14.3 Å². The van der Waals surface area contributed by atoms with Crippen molar-refractivity contribution in [3.05, 3.63) is 121 Å². The lowest BCUT2D eigenvalue weighted by atomic mass is 9.95. The number of esters is 2. The van der Waals surface area contributed by atoms with Gasteiger partial charge in [0.1, 0.15) is 11.4 Å². The highest BCUT2D eigenvalue weighted by atomic mass is 32.1. The summed E-state index contributed by atoms with van der Waals surface area (Å²) in [6.45, 7) is 7.95. The summed E-state index contributed by atoms with van der Waals surface area (Å²) in [4.78, 5) is 44.4. The Bertz CT molecular complexity index is 2300. The van der Waals surface area contributed by atoms with Gasteiger partial charge in [0.15, 0.2) is 16.3 Å². The molecule has 0 saturated carbocycles. The average molecular weight is 707 g/mol. The minimum Gasteiger partial charge on any atom is -0.494 e. The number of methoxy groups -OCH3 is 2. The first kappa shape index (κ1) is 35.1. The molecule has 12 heteroatoms. The van der Waals surface area contributed by atoms with Crippen molar-refractivity contribution >= 4 is 29.4 Å². The van der Waals surface area contributed by atoms with Crippen molar-refractivity contribution in [2.45, 2.75) is 40.2 Å². The van der Waals surface area contributed by atoms with E-state index in [2.05, 4.69) is 18.8 Å². The highest BCUT2D eigenvalue weighted by molar-refractivity contribution is 7.07. The largest absolute Gasteiger partial charge is 0.494 e. The zero-order valence-electron chi connectivity index (χ0n) is 29.2. The zero-order valence-corrected chi connectivity index (χ0v) is 30.0. The summed E-state index contributed by atoms with van der Waals surface area (Å²) in [5.41, 5.74) is 3.89. The second-order valence-corrected chi connectivity index (χ2v) is 13.4. The average Bonchev–Trinajstić information content (AvgIpc) is 3.68. The lowest BCUT2D eigenvalue weighted by molar-refractivity contribution is -0.136. The molecular formula is C39H38N4O7S. The van der Waals surface area contributed by atoms with E-state index >= 15 is 0 Å². The van der Waals surface area contributed by atoms with Crippen molar-refractivity contribution in [3.63, 3.8) is 0 Å². The molecule has 0 fully saturated rings. The number of hydrogen-bond donors (Lipinski definition) is 0. The third-order valence-electron chi connectivity index (χ3n) is 8.33. The summed E-state index contributed by atoms with van der Waals surface area (Å²) in [5, 5.41) is 4.94. The van der Waals surface area contributed by atoms with Crippen LogP contribution in [0.15, 0.2) is 100 Å². The van der Waals surface area contributed by atoms with Crippen LogP contribution in [0.25, 0.3) is 23.0 Å². The van der Waals surface area contributed by atoms with E-state index in [4.69, 9.17) is 24.0 Å². The van der Waals surface area contributed by atoms with Gasteiger partial charge in [0, 0.05) is 24.2 Å². The third kappa shape index (κ3) is 7.41. The van der Waals surface area contributed by atoms with Gasteiger partial charge in [0.05, 0.1) is 48.4 Å². The number of fused-ring (bicyclic) bond motifs is 1. The van der Waals surface area contributed by atoms with Crippen molar-refractivity contribution < 1.29 is 28.5 Å². The summed E-state index contributed by atoms with van der Waals surface area (Å²) >= 11 is 1.21. The number of benzene rings is 3. The summed E-state index contributed by atoms with van der Waals surface area (Å²) in [6, 6.07) is 21.5. The number of ether oxygens (including phenoxy) is 4. The Morgan fingerprint density at radius 2 is 1.75 bits per heavy atom. The van der Waals surface area contributed by atoms with Gasteiger partial charge in [-0.3, -0.25) is 14.2 Å². The van der Waals surface area contributed by atoms with E-state index in [-0.39, 0.29) is 22.6 Å². The molecule has 2 aromatic heterocycles. The van der Waals surface area contributed by atoms with Gasteiger partial charge in [-0.1, -0.05) is 49.4 Å². The Kier molecular flexibility index (Phi) is 10.3. The fraction of sp³-hybridized carbons (Fsp3) is 0.256. The molecule has 0 amide bonds. The number of thiazole rings is 1. The highest BCUT2D eigenvalue weighted by Crippen LogP contribution is 2.36. The zero-order chi connectivity index (χ0) is 36.2. The molecule has 1 aliphatic rings. The third-order valence-corrected chi connectivity index (χ3v) is 9.31. The van der Waals surface area contributed by atoms with Crippen LogP contribution in [0.3, 0.4) is 0 Å². The Morgan fingerprint density at radius 3 is 2.41 bits per heavy atom. The van der Waals surface area contributed by atoms with Crippen LogP contribution in [0.2, 0.25) is 0 Å². The quantitative estimate of drug-likeness (QED) is 0.128. The number of hydrogen-bond acceptors (Lipinski definition) is 10. The Labute approximate surface area is 298 Å².